The maximum atomic E-state index is 12.9. The molecular weight excluding hydrogens is 768 g/mol. The van der Waals surface area contributed by atoms with Gasteiger partial charge in [-0.2, -0.15) is 0 Å². The maximum absolute atomic E-state index is 12.9. The molecule has 2 fully saturated rings. The minimum atomic E-state index is -1.76. The Balaban J connectivity index is 1.83. The summed E-state index contributed by atoms with van der Waals surface area (Å²) in [6, 6.07) is 0. The van der Waals surface area contributed by atoms with E-state index in [0.717, 1.165) is 38.5 Å². The van der Waals surface area contributed by atoms with E-state index >= 15 is 0 Å². The highest BCUT2D eigenvalue weighted by atomic mass is 16.7. The van der Waals surface area contributed by atoms with Gasteiger partial charge in [-0.15, -0.1) is 0 Å². The van der Waals surface area contributed by atoms with Crippen LogP contribution in [0.1, 0.15) is 174 Å². The lowest BCUT2D eigenvalue weighted by Gasteiger charge is -2.42. The van der Waals surface area contributed by atoms with E-state index in [1.54, 1.807) is 0 Å². The minimum absolute atomic E-state index is 0.172. The smallest absolute Gasteiger partial charge is 0.306 e. The normalized spacial score (nSPS) is 27.7. The van der Waals surface area contributed by atoms with E-state index in [0.29, 0.717) is 12.8 Å². The lowest BCUT2D eigenvalue weighted by Crippen LogP contribution is -2.61. The summed E-state index contributed by atoms with van der Waals surface area (Å²) in [5, 5.41) is 71.8. The van der Waals surface area contributed by atoms with Crippen molar-refractivity contribution in [3.63, 3.8) is 0 Å². The first-order valence-corrected chi connectivity index (χ1v) is 23.1. The van der Waals surface area contributed by atoms with Crippen molar-refractivity contribution in [2.45, 2.75) is 242 Å². The van der Waals surface area contributed by atoms with Crippen LogP contribution in [0.5, 0.6) is 0 Å². The molecule has 0 radical (unpaired) electrons. The predicted octanol–water partition coefficient (Wildman–Crippen LogP) is 4.87. The molecule has 348 valence electrons. The van der Waals surface area contributed by atoms with Crippen LogP contribution in [0.4, 0.5) is 0 Å². The third kappa shape index (κ3) is 22.4. The molecule has 0 aromatic heterocycles. The molecule has 15 heteroatoms. The number of hydrogen-bond donors (Lipinski definition) is 7. The van der Waals surface area contributed by atoms with Crippen molar-refractivity contribution in [1.29, 1.82) is 0 Å². The number of unbranched alkanes of at least 4 members (excludes halogenated alkanes) is 21. The Morgan fingerprint density at radius 3 is 1.32 bits per heavy atom. The lowest BCUT2D eigenvalue weighted by molar-refractivity contribution is -0.332. The number of carbonyl (C=O) groups excluding carboxylic acids is 2. The van der Waals surface area contributed by atoms with Gasteiger partial charge in [-0.1, -0.05) is 149 Å². The Bertz CT molecular complexity index is 1050. The molecule has 11 atom stereocenters. The Hall–Kier alpha value is -1.50. The Kier molecular flexibility index (Phi) is 30.1. The van der Waals surface area contributed by atoms with Gasteiger partial charge in [-0.05, 0) is 12.8 Å². The lowest BCUT2D eigenvalue weighted by atomic mass is 9.98. The Labute approximate surface area is 353 Å². The van der Waals surface area contributed by atoms with E-state index in [1.807, 2.05) is 0 Å². The van der Waals surface area contributed by atoms with Gasteiger partial charge < -0.3 is 64.2 Å². The number of hydrogen-bond acceptors (Lipinski definition) is 15. The number of aliphatic hydroxyl groups excluding tert-OH is 7. The van der Waals surface area contributed by atoms with Crippen molar-refractivity contribution < 1.29 is 73.8 Å². The van der Waals surface area contributed by atoms with Crippen molar-refractivity contribution >= 4 is 11.9 Å². The number of carbonyl (C=O) groups is 2. The van der Waals surface area contributed by atoms with Gasteiger partial charge in [0.25, 0.3) is 0 Å². The SMILES string of the molecule is CCCCCCCCCCCCCCCCCC(=O)OC(COC(=O)CCCCCCCCCC)COC1OC(COC2OC(CO)C(O)C(O)C2O)C(O)C(O)C1O. The Morgan fingerprint density at radius 1 is 0.475 bits per heavy atom. The quantitative estimate of drug-likeness (QED) is 0.0333. The highest BCUT2D eigenvalue weighted by Gasteiger charge is 2.47. The number of ether oxygens (including phenoxy) is 6. The summed E-state index contributed by atoms with van der Waals surface area (Å²) in [5.74, 6) is -0.920. The molecule has 11 unspecified atom stereocenters. The molecule has 2 heterocycles. The molecule has 15 nitrogen and oxygen atoms in total. The van der Waals surface area contributed by atoms with Crippen molar-refractivity contribution in [1.82, 2.24) is 0 Å². The average Bonchev–Trinajstić information content (AvgIpc) is 3.23. The second kappa shape index (κ2) is 33.1. The van der Waals surface area contributed by atoms with E-state index in [-0.39, 0.29) is 26.1 Å². The molecule has 0 aromatic rings. The fraction of sp³-hybridized carbons (Fsp3) is 0.955. The summed E-state index contributed by atoms with van der Waals surface area (Å²) in [7, 11) is 0. The van der Waals surface area contributed by atoms with E-state index in [2.05, 4.69) is 13.8 Å². The van der Waals surface area contributed by atoms with E-state index in [9.17, 15) is 45.3 Å². The highest BCUT2D eigenvalue weighted by Crippen LogP contribution is 2.26. The van der Waals surface area contributed by atoms with Crippen molar-refractivity contribution in [3.8, 4) is 0 Å². The van der Waals surface area contributed by atoms with E-state index in [1.165, 1.54) is 96.3 Å². The summed E-state index contributed by atoms with van der Waals surface area (Å²) < 4.78 is 33.4. The summed E-state index contributed by atoms with van der Waals surface area (Å²) >= 11 is 0. The molecule has 0 aromatic carbocycles. The van der Waals surface area contributed by atoms with Gasteiger partial charge in [0, 0.05) is 12.8 Å². The summed E-state index contributed by atoms with van der Waals surface area (Å²) in [6.45, 7) is 2.55. The molecule has 0 saturated carbocycles. The fourth-order valence-electron chi connectivity index (χ4n) is 7.45. The van der Waals surface area contributed by atoms with Crippen LogP contribution in [0.15, 0.2) is 0 Å². The molecule has 59 heavy (non-hydrogen) atoms. The van der Waals surface area contributed by atoms with Crippen LogP contribution in [-0.4, -0.2) is 142 Å². The molecule has 2 aliphatic heterocycles. The van der Waals surface area contributed by atoms with Crippen molar-refractivity contribution in [2.24, 2.45) is 0 Å². The highest BCUT2D eigenvalue weighted by molar-refractivity contribution is 5.70. The molecule has 2 rings (SSSR count). The molecule has 2 saturated heterocycles. The molecule has 0 amide bonds. The number of aliphatic hydroxyl groups is 7. The van der Waals surface area contributed by atoms with Gasteiger partial charge in [0.15, 0.2) is 18.7 Å². The van der Waals surface area contributed by atoms with Gasteiger partial charge in [-0.25, -0.2) is 0 Å². The zero-order valence-corrected chi connectivity index (χ0v) is 36.3. The largest absolute Gasteiger partial charge is 0.462 e. The van der Waals surface area contributed by atoms with Crippen molar-refractivity contribution in [3.05, 3.63) is 0 Å². The molecule has 7 N–H and O–H groups in total. The first kappa shape index (κ1) is 53.6. The first-order chi connectivity index (χ1) is 28.5. The third-order valence-corrected chi connectivity index (χ3v) is 11.3. The van der Waals surface area contributed by atoms with Crippen LogP contribution in [0.25, 0.3) is 0 Å². The number of esters is 2. The molecular formula is C44H82O15. The van der Waals surface area contributed by atoms with Gasteiger partial charge in [-0.3, -0.25) is 9.59 Å². The summed E-state index contributed by atoms with van der Waals surface area (Å²) in [4.78, 5) is 25.5. The van der Waals surface area contributed by atoms with Gasteiger partial charge in [0.1, 0.15) is 55.4 Å². The fourth-order valence-corrected chi connectivity index (χ4v) is 7.45. The molecule has 0 aliphatic carbocycles. The van der Waals surface area contributed by atoms with Crippen LogP contribution in [0, 0.1) is 0 Å². The van der Waals surface area contributed by atoms with Crippen LogP contribution < -0.4 is 0 Å². The monoisotopic (exact) mass is 851 g/mol. The van der Waals surface area contributed by atoms with Gasteiger partial charge >= 0.3 is 11.9 Å². The van der Waals surface area contributed by atoms with Crippen LogP contribution >= 0.6 is 0 Å². The topological polar surface area (TPSA) is 231 Å². The number of rotatable bonds is 35. The van der Waals surface area contributed by atoms with Crippen LogP contribution in [-0.2, 0) is 38.0 Å². The second-order valence-electron chi connectivity index (χ2n) is 16.6. The minimum Gasteiger partial charge on any atom is -0.462 e. The summed E-state index contributed by atoms with van der Waals surface area (Å²) in [5.41, 5.74) is 0. The van der Waals surface area contributed by atoms with E-state index < -0.39 is 92.7 Å². The zero-order chi connectivity index (χ0) is 43.3. The van der Waals surface area contributed by atoms with Crippen LogP contribution in [0.2, 0.25) is 0 Å². The second-order valence-corrected chi connectivity index (χ2v) is 16.6. The Morgan fingerprint density at radius 2 is 0.864 bits per heavy atom. The van der Waals surface area contributed by atoms with Crippen LogP contribution in [0.3, 0.4) is 0 Å². The molecule has 2 aliphatic rings. The summed E-state index contributed by atoms with van der Waals surface area (Å²) in [6.07, 6.45) is 10.2. The van der Waals surface area contributed by atoms with Gasteiger partial charge in [0.2, 0.25) is 0 Å². The van der Waals surface area contributed by atoms with Gasteiger partial charge in [0.05, 0.1) is 19.8 Å². The standard InChI is InChI=1S/C44H82O15/c1-3-5-7-9-11-13-14-15-16-17-18-19-21-23-25-27-36(47)57-32(29-54-35(46)26-24-22-20-12-10-8-6-4-2)30-55-43-42(53)40(51)38(49)34(59-43)31-56-44-41(52)39(50)37(48)33(28-45)58-44/h32-34,37-45,48-53H,3-31H2,1-2H3. The average molecular weight is 851 g/mol. The molecule has 0 bridgehead atoms. The third-order valence-electron chi connectivity index (χ3n) is 11.3. The maximum Gasteiger partial charge on any atom is 0.306 e. The first-order valence-electron chi connectivity index (χ1n) is 23.1. The predicted molar refractivity (Wildman–Crippen MR) is 220 cm³/mol. The molecule has 0 spiro atoms. The van der Waals surface area contributed by atoms with E-state index in [4.69, 9.17) is 28.4 Å². The van der Waals surface area contributed by atoms with Crippen molar-refractivity contribution in [2.75, 3.05) is 26.4 Å². The zero-order valence-electron chi connectivity index (χ0n) is 36.3.